The van der Waals surface area contributed by atoms with Crippen molar-refractivity contribution in [3.05, 3.63) is 0 Å². The number of nitrogens with zero attached hydrogens (tertiary/aromatic N) is 1. The molecule has 0 unspecified atom stereocenters. The van der Waals surface area contributed by atoms with E-state index >= 15 is 0 Å². The Kier molecular flexibility index (Phi) is 5.65. The number of aliphatic hydroxyl groups excluding tert-OH is 1. The summed E-state index contributed by atoms with van der Waals surface area (Å²) in [5.74, 6) is 0.729. The first-order valence-corrected chi connectivity index (χ1v) is 5.66. The molecule has 15 heavy (non-hydrogen) atoms. The van der Waals surface area contributed by atoms with Crippen LogP contribution in [0.15, 0.2) is 0 Å². The molecule has 1 rings (SSSR count). The summed E-state index contributed by atoms with van der Waals surface area (Å²) in [7, 11) is 1.80. The van der Waals surface area contributed by atoms with Gasteiger partial charge in [0.25, 0.3) is 0 Å². The molecule has 1 amide bonds. The van der Waals surface area contributed by atoms with Crippen LogP contribution in [-0.2, 0) is 9.53 Å². The van der Waals surface area contributed by atoms with E-state index in [-0.39, 0.29) is 18.9 Å². The summed E-state index contributed by atoms with van der Waals surface area (Å²) < 4.78 is 5.28. The van der Waals surface area contributed by atoms with Gasteiger partial charge in [-0.25, -0.2) is 0 Å². The SMILES string of the molecule is CN(CCC1CCOCC1)C(=O)CCO. The minimum Gasteiger partial charge on any atom is -0.396 e. The molecular formula is C11H21NO3. The van der Waals surface area contributed by atoms with Crippen molar-refractivity contribution in [1.29, 1.82) is 0 Å². The van der Waals surface area contributed by atoms with E-state index in [1.54, 1.807) is 11.9 Å². The predicted octanol–water partition coefficient (Wildman–Crippen LogP) is 0.644. The van der Waals surface area contributed by atoms with E-state index in [1.807, 2.05) is 0 Å². The third kappa shape index (κ3) is 4.62. The Morgan fingerprint density at radius 1 is 1.47 bits per heavy atom. The van der Waals surface area contributed by atoms with E-state index in [9.17, 15) is 4.79 Å². The molecule has 88 valence electrons. The highest BCUT2D eigenvalue weighted by molar-refractivity contribution is 5.75. The normalized spacial score (nSPS) is 17.7. The van der Waals surface area contributed by atoms with E-state index in [0.717, 1.165) is 39.0 Å². The number of hydrogen-bond donors (Lipinski definition) is 1. The molecule has 0 atom stereocenters. The Hall–Kier alpha value is -0.610. The van der Waals surface area contributed by atoms with Gasteiger partial charge in [0.15, 0.2) is 0 Å². The van der Waals surface area contributed by atoms with E-state index in [4.69, 9.17) is 9.84 Å². The number of aliphatic hydroxyl groups is 1. The van der Waals surface area contributed by atoms with Crippen molar-refractivity contribution in [1.82, 2.24) is 4.90 Å². The molecule has 0 aromatic heterocycles. The van der Waals surface area contributed by atoms with E-state index in [0.29, 0.717) is 5.92 Å². The smallest absolute Gasteiger partial charge is 0.224 e. The van der Waals surface area contributed by atoms with Crippen molar-refractivity contribution < 1.29 is 14.6 Å². The number of carbonyl (C=O) groups is 1. The summed E-state index contributed by atoms with van der Waals surface area (Å²) in [4.78, 5) is 13.1. The highest BCUT2D eigenvalue weighted by Crippen LogP contribution is 2.18. The first kappa shape index (κ1) is 12.5. The van der Waals surface area contributed by atoms with Crippen molar-refractivity contribution in [3.8, 4) is 0 Å². The monoisotopic (exact) mass is 215 g/mol. The summed E-state index contributed by atoms with van der Waals surface area (Å²) in [5.41, 5.74) is 0. The van der Waals surface area contributed by atoms with Gasteiger partial charge in [0.05, 0.1) is 6.61 Å². The van der Waals surface area contributed by atoms with Gasteiger partial charge >= 0.3 is 0 Å². The Bertz CT molecular complexity index is 190. The predicted molar refractivity (Wildman–Crippen MR) is 57.5 cm³/mol. The molecule has 1 heterocycles. The van der Waals surface area contributed by atoms with Gasteiger partial charge in [-0.15, -0.1) is 0 Å². The lowest BCUT2D eigenvalue weighted by Crippen LogP contribution is -2.30. The fourth-order valence-corrected chi connectivity index (χ4v) is 1.82. The van der Waals surface area contributed by atoms with Gasteiger partial charge in [-0.05, 0) is 25.2 Å². The standard InChI is InChI=1S/C11H21NO3/c1-12(11(14)3-7-13)6-2-10-4-8-15-9-5-10/h10,13H,2-9H2,1H3. The van der Waals surface area contributed by atoms with Crippen LogP contribution in [0.5, 0.6) is 0 Å². The molecule has 1 N–H and O–H groups in total. The molecule has 1 aliphatic heterocycles. The lowest BCUT2D eigenvalue weighted by molar-refractivity contribution is -0.130. The van der Waals surface area contributed by atoms with Crippen molar-refractivity contribution in [2.24, 2.45) is 5.92 Å². The molecule has 0 aromatic rings. The van der Waals surface area contributed by atoms with E-state index in [2.05, 4.69) is 0 Å². The van der Waals surface area contributed by atoms with Crippen LogP contribution in [0.1, 0.15) is 25.7 Å². The maximum atomic E-state index is 11.4. The third-order valence-corrected chi connectivity index (χ3v) is 2.97. The molecule has 4 heteroatoms. The van der Waals surface area contributed by atoms with Gasteiger partial charge in [-0.1, -0.05) is 0 Å². The van der Waals surface area contributed by atoms with Gasteiger partial charge in [0.1, 0.15) is 0 Å². The Balaban J connectivity index is 2.14. The zero-order valence-electron chi connectivity index (χ0n) is 9.45. The number of carbonyl (C=O) groups excluding carboxylic acids is 1. The van der Waals surface area contributed by atoms with Gasteiger partial charge in [0, 0.05) is 33.2 Å². The van der Waals surface area contributed by atoms with Crippen LogP contribution in [0.25, 0.3) is 0 Å². The van der Waals surface area contributed by atoms with Gasteiger partial charge in [-0.3, -0.25) is 4.79 Å². The second kappa shape index (κ2) is 6.80. The number of hydrogen-bond acceptors (Lipinski definition) is 3. The highest BCUT2D eigenvalue weighted by atomic mass is 16.5. The summed E-state index contributed by atoms with van der Waals surface area (Å²) in [6.07, 6.45) is 3.52. The molecule has 1 aliphatic rings. The second-order valence-electron chi connectivity index (χ2n) is 4.13. The summed E-state index contributed by atoms with van der Waals surface area (Å²) in [6, 6.07) is 0. The molecule has 1 fully saturated rings. The van der Waals surface area contributed by atoms with E-state index in [1.165, 1.54) is 0 Å². The van der Waals surface area contributed by atoms with Crippen molar-refractivity contribution in [2.75, 3.05) is 33.4 Å². The summed E-state index contributed by atoms with van der Waals surface area (Å²) in [6.45, 7) is 2.46. The lowest BCUT2D eigenvalue weighted by atomic mass is 9.96. The minimum absolute atomic E-state index is 0.0320. The zero-order valence-corrected chi connectivity index (χ0v) is 9.45. The van der Waals surface area contributed by atoms with E-state index < -0.39 is 0 Å². The quantitative estimate of drug-likeness (QED) is 0.732. The second-order valence-corrected chi connectivity index (χ2v) is 4.13. The Morgan fingerprint density at radius 3 is 2.73 bits per heavy atom. The molecule has 0 radical (unpaired) electrons. The molecule has 0 bridgehead atoms. The van der Waals surface area contributed by atoms with Crippen LogP contribution in [0, 0.1) is 5.92 Å². The van der Waals surface area contributed by atoms with Gasteiger partial charge in [0.2, 0.25) is 5.91 Å². The summed E-state index contributed by atoms with van der Waals surface area (Å²) in [5, 5.41) is 8.64. The average molecular weight is 215 g/mol. The molecule has 0 spiro atoms. The largest absolute Gasteiger partial charge is 0.396 e. The first-order valence-electron chi connectivity index (χ1n) is 5.66. The molecule has 0 saturated carbocycles. The van der Waals surface area contributed by atoms with Crippen LogP contribution >= 0.6 is 0 Å². The first-order chi connectivity index (χ1) is 7.24. The molecule has 1 saturated heterocycles. The van der Waals surface area contributed by atoms with Crippen molar-refractivity contribution in [3.63, 3.8) is 0 Å². The molecule has 0 aromatic carbocycles. The minimum atomic E-state index is -0.0551. The fraction of sp³-hybridized carbons (Fsp3) is 0.909. The van der Waals surface area contributed by atoms with Crippen molar-refractivity contribution >= 4 is 5.91 Å². The van der Waals surface area contributed by atoms with Crippen LogP contribution in [-0.4, -0.2) is 49.3 Å². The topological polar surface area (TPSA) is 49.8 Å². The van der Waals surface area contributed by atoms with Crippen molar-refractivity contribution in [2.45, 2.75) is 25.7 Å². The lowest BCUT2D eigenvalue weighted by Gasteiger charge is -2.24. The van der Waals surface area contributed by atoms with Crippen LogP contribution in [0.2, 0.25) is 0 Å². The van der Waals surface area contributed by atoms with Gasteiger partial charge < -0.3 is 14.7 Å². The average Bonchev–Trinajstić information content (AvgIpc) is 2.27. The maximum absolute atomic E-state index is 11.4. The number of amides is 1. The maximum Gasteiger partial charge on any atom is 0.224 e. The van der Waals surface area contributed by atoms with Gasteiger partial charge in [-0.2, -0.15) is 0 Å². The summed E-state index contributed by atoms with van der Waals surface area (Å²) >= 11 is 0. The molecule has 4 nitrogen and oxygen atoms in total. The molecule has 0 aliphatic carbocycles. The third-order valence-electron chi connectivity index (χ3n) is 2.97. The molecular weight excluding hydrogens is 194 g/mol. The number of rotatable bonds is 5. The Morgan fingerprint density at radius 2 is 2.13 bits per heavy atom. The number of ether oxygens (including phenoxy) is 1. The zero-order chi connectivity index (χ0) is 11.1. The van der Waals surface area contributed by atoms with Crippen LogP contribution < -0.4 is 0 Å². The fourth-order valence-electron chi connectivity index (χ4n) is 1.82. The van der Waals surface area contributed by atoms with Crippen LogP contribution in [0.4, 0.5) is 0 Å². The Labute approximate surface area is 91.2 Å². The highest BCUT2D eigenvalue weighted by Gasteiger charge is 2.15. The van der Waals surface area contributed by atoms with Crippen LogP contribution in [0.3, 0.4) is 0 Å².